The van der Waals surface area contributed by atoms with E-state index in [9.17, 15) is 0 Å². The molecule has 3 nitrogen and oxygen atoms in total. The normalized spacial score (nSPS) is 24.2. The highest BCUT2D eigenvalue weighted by Gasteiger charge is 2.28. The molecule has 0 unspecified atom stereocenters. The van der Waals surface area contributed by atoms with Crippen LogP contribution in [0.1, 0.15) is 64.2 Å². The summed E-state index contributed by atoms with van der Waals surface area (Å²) in [6.45, 7) is 0. The first-order valence-corrected chi connectivity index (χ1v) is 6.85. The van der Waals surface area contributed by atoms with Gasteiger partial charge in [0, 0.05) is 12.1 Å². The lowest BCUT2D eigenvalue weighted by atomic mass is 9.90. The Morgan fingerprint density at radius 3 is 1.62 bits per heavy atom. The molecular formula is C13H23N3. The Hall–Kier alpha value is -0.750. The molecule has 0 heterocycles. The SMILES string of the molecule is N#CNN(C1CCCCC1)C1CCCCC1. The minimum Gasteiger partial charge on any atom is -0.255 e. The second kappa shape index (κ2) is 6.10. The van der Waals surface area contributed by atoms with Crippen LogP contribution in [0, 0.1) is 11.5 Å². The van der Waals surface area contributed by atoms with E-state index in [1.165, 1.54) is 64.2 Å². The average Bonchev–Trinajstić information content (AvgIpc) is 2.38. The highest BCUT2D eigenvalue weighted by Crippen LogP contribution is 2.28. The zero-order valence-electron chi connectivity index (χ0n) is 10.1. The molecule has 0 radical (unpaired) electrons. The van der Waals surface area contributed by atoms with Gasteiger partial charge in [-0.25, -0.2) is 5.01 Å². The van der Waals surface area contributed by atoms with Crippen LogP contribution in [0.25, 0.3) is 0 Å². The summed E-state index contributed by atoms with van der Waals surface area (Å²) in [4.78, 5) is 0. The first-order valence-electron chi connectivity index (χ1n) is 6.85. The van der Waals surface area contributed by atoms with E-state index in [0.29, 0.717) is 12.1 Å². The van der Waals surface area contributed by atoms with Crippen LogP contribution in [0.15, 0.2) is 0 Å². The van der Waals surface area contributed by atoms with Crippen molar-refractivity contribution in [2.75, 3.05) is 0 Å². The van der Waals surface area contributed by atoms with Crippen LogP contribution in [-0.2, 0) is 0 Å². The van der Waals surface area contributed by atoms with Crippen LogP contribution in [0.5, 0.6) is 0 Å². The zero-order chi connectivity index (χ0) is 11.2. The van der Waals surface area contributed by atoms with E-state index in [1.807, 2.05) is 0 Å². The molecule has 0 bridgehead atoms. The quantitative estimate of drug-likeness (QED) is 0.452. The monoisotopic (exact) mass is 221 g/mol. The molecule has 2 rings (SSSR count). The number of nitrogens with one attached hydrogen (secondary N) is 1. The van der Waals surface area contributed by atoms with Gasteiger partial charge in [-0.1, -0.05) is 38.5 Å². The number of rotatable bonds is 3. The summed E-state index contributed by atoms with van der Waals surface area (Å²) in [5, 5.41) is 11.2. The van der Waals surface area contributed by atoms with Crippen molar-refractivity contribution in [1.29, 1.82) is 5.26 Å². The van der Waals surface area contributed by atoms with Gasteiger partial charge < -0.3 is 0 Å². The van der Waals surface area contributed by atoms with Gasteiger partial charge in [-0.3, -0.25) is 5.43 Å². The van der Waals surface area contributed by atoms with Gasteiger partial charge in [0.2, 0.25) is 0 Å². The van der Waals surface area contributed by atoms with Gasteiger partial charge in [0.25, 0.3) is 0 Å². The standard InChI is InChI=1S/C13H23N3/c14-11-15-16(12-7-3-1-4-8-12)13-9-5-2-6-10-13/h12-13,15H,1-10H2. The van der Waals surface area contributed by atoms with Gasteiger partial charge in [0.05, 0.1) is 0 Å². The minimum absolute atomic E-state index is 0.608. The van der Waals surface area contributed by atoms with Gasteiger partial charge in [-0.05, 0) is 25.7 Å². The fourth-order valence-electron chi connectivity index (χ4n) is 3.26. The summed E-state index contributed by atoms with van der Waals surface area (Å²) in [6, 6.07) is 1.22. The number of nitrogens with zero attached hydrogens (tertiary/aromatic N) is 2. The molecule has 0 aromatic heterocycles. The Balaban J connectivity index is 1.94. The first kappa shape index (κ1) is 11.7. The molecule has 2 fully saturated rings. The van der Waals surface area contributed by atoms with Crippen LogP contribution in [-0.4, -0.2) is 17.1 Å². The molecular weight excluding hydrogens is 198 g/mol. The molecule has 1 N–H and O–H groups in total. The van der Waals surface area contributed by atoms with Crippen LogP contribution in [0.3, 0.4) is 0 Å². The summed E-state index contributed by atoms with van der Waals surface area (Å²) < 4.78 is 0. The maximum absolute atomic E-state index is 8.90. The summed E-state index contributed by atoms with van der Waals surface area (Å²) in [6.07, 6.45) is 15.3. The molecule has 0 atom stereocenters. The zero-order valence-corrected chi connectivity index (χ0v) is 10.1. The van der Waals surface area contributed by atoms with Crippen molar-refractivity contribution in [3.63, 3.8) is 0 Å². The number of hydrazine groups is 1. The van der Waals surface area contributed by atoms with Crippen molar-refractivity contribution in [3.8, 4) is 6.19 Å². The molecule has 2 saturated carbocycles. The molecule has 0 spiro atoms. The lowest BCUT2D eigenvalue weighted by Gasteiger charge is -2.39. The van der Waals surface area contributed by atoms with Crippen molar-refractivity contribution in [2.24, 2.45) is 0 Å². The molecule has 2 aliphatic rings. The molecule has 16 heavy (non-hydrogen) atoms. The Bertz CT molecular complexity index is 216. The predicted octanol–water partition coefficient (Wildman–Crippen LogP) is 2.94. The largest absolute Gasteiger partial charge is 0.255 e. The van der Waals surface area contributed by atoms with E-state index in [2.05, 4.69) is 16.6 Å². The highest BCUT2D eigenvalue weighted by molar-refractivity contribution is 4.84. The van der Waals surface area contributed by atoms with Gasteiger partial charge in [-0.2, -0.15) is 5.26 Å². The highest BCUT2D eigenvalue weighted by atomic mass is 15.5. The predicted molar refractivity (Wildman–Crippen MR) is 64.3 cm³/mol. The number of hydrogen-bond acceptors (Lipinski definition) is 3. The van der Waals surface area contributed by atoms with Crippen LogP contribution in [0.4, 0.5) is 0 Å². The van der Waals surface area contributed by atoms with Crippen molar-refractivity contribution < 1.29 is 0 Å². The Kier molecular flexibility index (Phi) is 4.47. The number of nitriles is 1. The van der Waals surface area contributed by atoms with Crippen molar-refractivity contribution >= 4 is 0 Å². The molecule has 0 aliphatic heterocycles. The van der Waals surface area contributed by atoms with Crippen LogP contribution < -0.4 is 5.43 Å². The third kappa shape index (κ3) is 2.89. The Morgan fingerprint density at radius 1 is 0.812 bits per heavy atom. The van der Waals surface area contributed by atoms with Gasteiger partial charge >= 0.3 is 0 Å². The third-order valence-electron chi connectivity index (χ3n) is 4.12. The minimum atomic E-state index is 0.608. The summed E-state index contributed by atoms with van der Waals surface area (Å²) in [5.74, 6) is 0. The van der Waals surface area contributed by atoms with E-state index in [-0.39, 0.29) is 0 Å². The van der Waals surface area contributed by atoms with Gasteiger partial charge in [0.15, 0.2) is 6.19 Å². The molecule has 3 heteroatoms. The van der Waals surface area contributed by atoms with Crippen LogP contribution in [0.2, 0.25) is 0 Å². The Morgan fingerprint density at radius 2 is 1.25 bits per heavy atom. The van der Waals surface area contributed by atoms with Gasteiger partial charge in [0.1, 0.15) is 0 Å². The third-order valence-corrected chi connectivity index (χ3v) is 4.12. The maximum Gasteiger partial charge on any atom is 0.192 e. The van der Waals surface area contributed by atoms with E-state index in [1.54, 1.807) is 0 Å². The lowest BCUT2D eigenvalue weighted by Crippen LogP contribution is -2.51. The van der Waals surface area contributed by atoms with E-state index >= 15 is 0 Å². The second-order valence-corrected chi connectivity index (χ2v) is 5.21. The summed E-state index contributed by atoms with van der Waals surface area (Å²) >= 11 is 0. The van der Waals surface area contributed by atoms with Crippen molar-refractivity contribution in [3.05, 3.63) is 0 Å². The molecule has 90 valence electrons. The topological polar surface area (TPSA) is 39.1 Å². The molecule has 0 amide bonds. The van der Waals surface area contributed by atoms with E-state index < -0.39 is 0 Å². The molecule has 0 aromatic carbocycles. The lowest BCUT2D eigenvalue weighted by molar-refractivity contribution is 0.0492. The van der Waals surface area contributed by atoms with Crippen molar-refractivity contribution in [1.82, 2.24) is 10.4 Å². The van der Waals surface area contributed by atoms with Gasteiger partial charge in [-0.15, -0.1) is 0 Å². The smallest absolute Gasteiger partial charge is 0.192 e. The average molecular weight is 221 g/mol. The summed E-state index contributed by atoms with van der Waals surface area (Å²) in [5.41, 5.74) is 2.96. The summed E-state index contributed by atoms with van der Waals surface area (Å²) in [7, 11) is 0. The van der Waals surface area contributed by atoms with Crippen molar-refractivity contribution in [2.45, 2.75) is 76.3 Å². The van der Waals surface area contributed by atoms with E-state index in [0.717, 1.165) is 0 Å². The van der Waals surface area contributed by atoms with Crippen LogP contribution >= 0.6 is 0 Å². The second-order valence-electron chi connectivity index (χ2n) is 5.21. The molecule has 0 saturated heterocycles. The maximum atomic E-state index is 8.90. The fourth-order valence-corrected chi connectivity index (χ4v) is 3.26. The molecule has 0 aromatic rings. The molecule has 2 aliphatic carbocycles. The number of hydrogen-bond donors (Lipinski definition) is 1. The first-order chi connectivity index (χ1) is 7.92. The van der Waals surface area contributed by atoms with E-state index in [4.69, 9.17) is 5.26 Å². The Labute approximate surface area is 98.8 Å². The fraction of sp³-hybridized carbons (Fsp3) is 0.923.